The number of aryl methyl sites for hydroxylation is 1. The van der Waals surface area contributed by atoms with Gasteiger partial charge in [0, 0.05) is 10.9 Å². The van der Waals surface area contributed by atoms with E-state index in [1.54, 1.807) is 30.3 Å². The van der Waals surface area contributed by atoms with Gasteiger partial charge >= 0.3 is 0 Å². The molecule has 6 rings (SSSR count). The summed E-state index contributed by atoms with van der Waals surface area (Å²) in [5.41, 5.74) is 2.02. The number of carbonyl (C=O) groups excluding carboxylic acids is 2. The zero-order chi connectivity index (χ0) is 23.2. The summed E-state index contributed by atoms with van der Waals surface area (Å²) in [5, 5.41) is 13.1. The van der Waals surface area contributed by atoms with Gasteiger partial charge in [-0.05, 0) is 60.2 Å². The average Bonchev–Trinajstić information content (AvgIpc) is 3.50. The minimum atomic E-state index is -0.895. The molecule has 0 saturated carbocycles. The average molecular weight is 451 g/mol. The summed E-state index contributed by atoms with van der Waals surface area (Å²) in [6, 6.07) is 21.1. The van der Waals surface area contributed by atoms with Crippen molar-refractivity contribution in [3.05, 3.63) is 102 Å². The Morgan fingerprint density at radius 1 is 0.971 bits per heavy atom. The minimum Gasteiger partial charge on any atom is -0.507 e. The van der Waals surface area contributed by atoms with Gasteiger partial charge in [-0.15, -0.1) is 0 Å². The Morgan fingerprint density at radius 3 is 2.68 bits per heavy atom. The third-order valence-electron chi connectivity index (χ3n) is 6.47. The SMILES string of the molecule is O=C1C(=O)N(c2cccc3ccccc23)C(c2ccco2)/C1=C(/O)c1ccc2c(c1)CCCO2. The molecule has 1 unspecified atom stereocenters. The number of nitrogens with zero attached hydrogens (tertiary/aromatic N) is 1. The highest BCUT2D eigenvalue weighted by Gasteiger charge is 2.48. The molecule has 2 aliphatic heterocycles. The lowest BCUT2D eigenvalue weighted by Gasteiger charge is -2.25. The van der Waals surface area contributed by atoms with Crippen molar-refractivity contribution in [1.82, 2.24) is 0 Å². The summed E-state index contributed by atoms with van der Waals surface area (Å²) in [6.07, 6.45) is 3.20. The maximum Gasteiger partial charge on any atom is 0.300 e. The largest absolute Gasteiger partial charge is 0.507 e. The molecule has 3 aromatic carbocycles. The van der Waals surface area contributed by atoms with Gasteiger partial charge in [0.25, 0.3) is 11.7 Å². The lowest BCUT2D eigenvalue weighted by atomic mass is 9.96. The number of hydrogen-bond acceptors (Lipinski definition) is 5. The third kappa shape index (κ3) is 3.10. The molecular weight excluding hydrogens is 430 g/mol. The van der Waals surface area contributed by atoms with Crippen LogP contribution in [0.25, 0.3) is 16.5 Å². The van der Waals surface area contributed by atoms with Crippen LogP contribution >= 0.6 is 0 Å². The Morgan fingerprint density at radius 2 is 1.82 bits per heavy atom. The first-order valence-electron chi connectivity index (χ1n) is 11.2. The highest BCUT2D eigenvalue weighted by Crippen LogP contribution is 2.44. The Bertz CT molecular complexity index is 1460. The Balaban J connectivity index is 1.56. The van der Waals surface area contributed by atoms with Crippen LogP contribution in [0.3, 0.4) is 0 Å². The van der Waals surface area contributed by atoms with Crippen molar-refractivity contribution in [3.63, 3.8) is 0 Å². The predicted molar refractivity (Wildman–Crippen MR) is 128 cm³/mol. The highest BCUT2D eigenvalue weighted by atomic mass is 16.5. The molecule has 0 bridgehead atoms. The Labute approximate surface area is 195 Å². The van der Waals surface area contributed by atoms with Crippen LogP contribution in [0.4, 0.5) is 5.69 Å². The second kappa shape index (κ2) is 7.92. The van der Waals surface area contributed by atoms with Gasteiger partial charge in [0.05, 0.1) is 24.1 Å². The zero-order valence-electron chi connectivity index (χ0n) is 18.2. The van der Waals surface area contributed by atoms with E-state index in [1.807, 2.05) is 42.5 Å². The molecule has 34 heavy (non-hydrogen) atoms. The number of anilines is 1. The highest BCUT2D eigenvalue weighted by molar-refractivity contribution is 6.52. The summed E-state index contributed by atoms with van der Waals surface area (Å²) in [5.74, 6) is -0.506. The molecule has 6 nitrogen and oxygen atoms in total. The van der Waals surface area contributed by atoms with E-state index in [-0.39, 0.29) is 11.3 Å². The number of benzene rings is 3. The van der Waals surface area contributed by atoms with E-state index in [1.165, 1.54) is 11.2 Å². The molecule has 2 aliphatic rings. The van der Waals surface area contributed by atoms with Gasteiger partial charge in [-0.3, -0.25) is 14.5 Å². The topological polar surface area (TPSA) is 80.0 Å². The number of Topliss-reactive ketones (excluding diaryl/α,β-unsaturated/α-hetero) is 1. The van der Waals surface area contributed by atoms with Crippen LogP contribution in [0.1, 0.15) is 29.3 Å². The summed E-state index contributed by atoms with van der Waals surface area (Å²) < 4.78 is 11.3. The van der Waals surface area contributed by atoms with Crippen molar-refractivity contribution < 1.29 is 23.8 Å². The number of ketones is 1. The standard InChI is InChI=1S/C28H21NO5/c30-26(19-12-13-22-18(16-19)8-4-14-33-22)24-25(23-11-5-15-34-23)29(28(32)27(24)31)21-10-3-7-17-6-1-2-9-20(17)21/h1-3,5-7,9-13,15-16,25,30H,4,8,14H2/b26-24-. The molecule has 0 radical (unpaired) electrons. The number of aliphatic hydroxyl groups is 1. The first-order chi connectivity index (χ1) is 16.6. The lowest BCUT2D eigenvalue weighted by Crippen LogP contribution is -2.29. The Hall–Kier alpha value is -4.32. The maximum absolute atomic E-state index is 13.4. The molecule has 1 fully saturated rings. The zero-order valence-corrected chi connectivity index (χ0v) is 18.2. The van der Waals surface area contributed by atoms with Gasteiger partial charge in [-0.1, -0.05) is 36.4 Å². The van der Waals surface area contributed by atoms with Gasteiger partial charge in [-0.2, -0.15) is 0 Å². The van der Waals surface area contributed by atoms with E-state index in [9.17, 15) is 14.7 Å². The molecule has 168 valence electrons. The fraction of sp³-hybridized carbons (Fsp3) is 0.143. The van der Waals surface area contributed by atoms with Crippen molar-refractivity contribution in [2.24, 2.45) is 0 Å². The van der Waals surface area contributed by atoms with Crippen LogP contribution in [0.2, 0.25) is 0 Å². The second-order valence-corrected chi connectivity index (χ2v) is 8.46. The normalized spacial score (nSPS) is 19.3. The van der Waals surface area contributed by atoms with Gasteiger partial charge in [0.1, 0.15) is 23.3 Å². The number of carbonyl (C=O) groups is 2. The van der Waals surface area contributed by atoms with Crippen molar-refractivity contribution in [2.45, 2.75) is 18.9 Å². The van der Waals surface area contributed by atoms with Crippen LogP contribution in [0.5, 0.6) is 5.75 Å². The molecule has 3 heterocycles. The molecule has 1 atom stereocenters. The van der Waals surface area contributed by atoms with E-state index in [4.69, 9.17) is 9.15 Å². The van der Waals surface area contributed by atoms with Crippen LogP contribution < -0.4 is 9.64 Å². The van der Waals surface area contributed by atoms with Crippen LogP contribution in [0.15, 0.2) is 89.0 Å². The van der Waals surface area contributed by atoms with Gasteiger partial charge in [0.2, 0.25) is 0 Å². The van der Waals surface area contributed by atoms with Crippen LogP contribution in [0, 0.1) is 0 Å². The summed E-state index contributed by atoms with van der Waals surface area (Å²) in [4.78, 5) is 28.2. The van der Waals surface area contributed by atoms with Gasteiger partial charge < -0.3 is 14.3 Å². The summed E-state index contributed by atoms with van der Waals surface area (Å²) in [7, 11) is 0. The first-order valence-corrected chi connectivity index (χ1v) is 11.2. The molecule has 1 N–H and O–H groups in total. The van der Waals surface area contributed by atoms with Crippen molar-refractivity contribution in [3.8, 4) is 5.75 Å². The lowest BCUT2D eigenvalue weighted by molar-refractivity contribution is -0.132. The van der Waals surface area contributed by atoms with Crippen molar-refractivity contribution in [1.29, 1.82) is 0 Å². The Kier molecular flexibility index (Phi) is 4.73. The maximum atomic E-state index is 13.4. The van der Waals surface area contributed by atoms with E-state index >= 15 is 0 Å². The molecule has 1 aromatic heterocycles. The van der Waals surface area contributed by atoms with E-state index in [0.717, 1.165) is 34.9 Å². The van der Waals surface area contributed by atoms with E-state index in [0.29, 0.717) is 23.6 Å². The fourth-order valence-corrected chi connectivity index (χ4v) is 4.88. The third-order valence-corrected chi connectivity index (χ3v) is 6.47. The summed E-state index contributed by atoms with van der Waals surface area (Å²) in [6.45, 7) is 0.660. The molecule has 1 amide bonds. The smallest absolute Gasteiger partial charge is 0.300 e. The minimum absolute atomic E-state index is 0.00422. The fourth-order valence-electron chi connectivity index (χ4n) is 4.88. The number of rotatable bonds is 3. The van der Waals surface area contributed by atoms with Crippen molar-refractivity contribution >= 4 is 33.9 Å². The van der Waals surface area contributed by atoms with Crippen LogP contribution in [-0.4, -0.2) is 23.4 Å². The van der Waals surface area contributed by atoms with Crippen LogP contribution in [-0.2, 0) is 16.0 Å². The molecule has 6 heteroatoms. The van der Waals surface area contributed by atoms with Crippen molar-refractivity contribution in [2.75, 3.05) is 11.5 Å². The number of furan rings is 1. The molecule has 4 aromatic rings. The summed E-state index contributed by atoms with van der Waals surface area (Å²) >= 11 is 0. The predicted octanol–water partition coefficient (Wildman–Crippen LogP) is 5.38. The van der Waals surface area contributed by atoms with E-state index < -0.39 is 17.7 Å². The number of fused-ring (bicyclic) bond motifs is 2. The number of aliphatic hydroxyl groups excluding tert-OH is 1. The van der Waals surface area contributed by atoms with Gasteiger partial charge in [0.15, 0.2) is 0 Å². The number of amides is 1. The molecule has 0 aliphatic carbocycles. The molecule has 0 spiro atoms. The molecular formula is C28H21NO5. The first kappa shape index (κ1) is 20.3. The van der Waals surface area contributed by atoms with Gasteiger partial charge in [-0.25, -0.2) is 0 Å². The molecule has 1 saturated heterocycles. The number of hydrogen-bond donors (Lipinski definition) is 1. The number of ether oxygens (including phenoxy) is 1. The second-order valence-electron chi connectivity index (χ2n) is 8.46. The van der Waals surface area contributed by atoms with E-state index in [2.05, 4.69) is 0 Å². The quantitative estimate of drug-likeness (QED) is 0.257. The monoisotopic (exact) mass is 451 g/mol.